The van der Waals surface area contributed by atoms with Crippen LogP contribution in [-0.4, -0.2) is 23.3 Å². The maximum atomic E-state index is 13.1. The number of hydrogen-bond acceptors (Lipinski definition) is 4. The summed E-state index contributed by atoms with van der Waals surface area (Å²) >= 11 is 3.37. The molecule has 1 aromatic heterocycles. The summed E-state index contributed by atoms with van der Waals surface area (Å²) in [5.41, 5.74) is 1.86. The number of likely N-dealkylation sites (N-methyl/N-ethyl adjacent to an activating group) is 1. The third-order valence-electron chi connectivity index (χ3n) is 2.67. The van der Waals surface area contributed by atoms with Gasteiger partial charge in [0.1, 0.15) is 5.82 Å². The minimum atomic E-state index is -0.174. The molecule has 0 amide bonds. The highest BCUT2D eigenvalue weighted by Crippen LogP contribution is 2.21. The quantitative estimate of drug-likeness (QED) is 0.790. The SMILES string of the molecule is CCNC(CSc1cccc(F)c1)Cc1cncs1. The van der Waals surface area contributed by atoms with Crippen LogP contribution in [0, 0.1) is 5.82 Å². The van der Waals surface area contributed by atoms with Crippen molar-refractivity contribution in [3.8, 4) is 0 Å². The van der Waals surface area contributed by atoms with E-state index in [4.69, 9.17) is 0 Å². The number of rotatable bonds is 7. The highest BCUT2D eigenvalue weighted by molar-refractivity contribution is 7.99. The first-order valence-electron chi connectivity index (χ1n) is 6.27. The molecule has 2 rings (SSSR count). The van der Waals surface area contributed by atoms with Crippen molar-refractivity contribution in [3.05, 3.63) is 46.7 Å². The molecule has 0 bridgehead atoms. The van der Waals surface area contributed by atoms with E-state index >= 15 is 0 Å². The Bertz CT molecular complexity index is 488. The Hall–Kier alpha value is -0.910. The van der Waals surface area contributed by atoms with Gasteiger partial charge in [-0.3, -0.25) is 4.98 Å². The molecule has 1 heterocycles. The summed E-state index contributed by atoms with van der Waals surface area (Å²) < 4.78 is 13.1. The lowest BCUT2D eigenvalue weighted by atomic mass is 10.2. The Morgan fingerprint density at radius 2 is 2.37 bits per heavy atom. The van der Waals surface area contributed by atoms with E-state index in [0.717, 1.165) is 23.6 Å². The monoisotopic (exact) mass is 296 g/mol. The number of thiazole rings is 1. The van der Waals surface area contributed by atoms with Crippen molar-refractivity contribution >= 4 is 23.1 Å². The normalized spacial score (nSPS) is 12.5. The van der Waals surface area contributed by atoms with Crippen molar-refractivity contribution in [2.45, 2.75) is 24.3 Å². The van der Waals surface area contributed by atoms with Crippen LogP contribution in [0.25, 0.3) is 0 Å². The minimum Gasteiger partial charge on any atom is -0.313 e. The van der Waals surface area contributed by atoms with E-state index in [9.17, 15) is 4.39 Å². The molecule has 2 aromatic rings. The fourth-order valence-electron chi connectivity index (χ4n) is 1.82. The van der Waals surface area contributed by atoms with E-state index in [1.165, 1.54) is 10.9 Å². The topological polar surface area (TPSA) is 24.9 Å². The zero-order valence-corrected chi connectivity index (χ0v) is 12.4. The zero-order chi connectivity index (χ0) is 13.5. The predicted octanol–water partition coefficient (Wildman–Crippen LogP) is 3.60. The van der Waals surface area contributed by atoms with E-state index in [0.29, 0.717) is 6.04 Å². The third kappa shape index (κ3) is 4.93. The van der Waals surface area contributed by atoms with Crippen molar-refractivity contribution in [2.75, 3.05) is 12.3 Å². The Balaban J connectivity index is 1.89. The Kier molecular flexibility index (Phi) is 5.82. The summed E-state index contributed by atoms with van der Waals surface area (Å²) in [6.07, 6.45) is 2.89. The molecule has 19 heavy (non-hydrogen) atoms. The average Bonchev–Trinajstić information content (AvgIpc) is 2.89. The van der Waals surface area contributed by atoms with Crippen LogP contribution in [0.4, 0.5) is 4.39 Å². The maximum Gasteiger partial charge on any atom is 0.124 e. The van der Waals surface area contributed by atoms with Crippen LogP contribution in [0.15, 0.2) is 40.9 Å². The molecule has 2 nitrogen and oxygen atoms in total. The summed E-state index contributed by atoms with van der Waals surface area (Å²) in [4.78, 5) is 6.36. The summed E-state index contributed by atoms with van der Waals surface area (Å²) in [6.45, 7) is 3.04. The second-order valence-electron chi connectivity index (χ2n) is 4.19. The largest absolute Gasteiger partial charge is 0.313 e. The van der Waals surface area contributed by atoms with Crippen molar-refractivity contribution < 1.29 is 4.39 Å². The lowest BCUT2D eigenvalue weighted by Gasteiger charge is -2.16. The van der Waals surface area contributed by atoms with Crippen LogP contribution in [0.1, 0.15) is 11.8 Å². The van der Waals surface area contributed by atoms with Crippen molar-refractivity contribution in [1.82, 2.24) is 10.3 Å². The standard InChI is InChI=1S/C14H17FN2S2/c1-2-17-12(7-14-8-16-10-19-14)9-18-13-5-3-4-11(15)6-13/h3-6,8,10,12,17H,2,7,9H2,1H3. The number of hydrogen-bond donors (Lipinski definition) is 1. The molecule has 1 aromatic carbocycles. The lowest BCUT2D eigenvalue weighted by molar-refractivity contribution is 0.575. The Morgan fingerprint density at radius 1 is 1.47 bits per heavy atom. The molecule has 1 atom stereocenters. The molecule has 5 heteroatoms. The van der Waals surface area contributed by atoms with Gasteiger partial charge in [0.05, 0.1) is 5.51 Å². The number of thioether (sulfide) groups is 1. The van der Waals surface area contributed by atoms with Gasteiger partial charge in [0.15, 0.2) is 0 Å². The van der Waals surface area contributed by atoms with Crippen LogP contribution in [0.3, 0.4) is 0 Å². The Morgan fingerprint density at radius 3 is 3.05 bits per heavy atom. The number of benzene rings is 1. The van der Waals surface area contributed by atoms with Gasteiger partial charge in [-0.1, -0.05) is 13.0 Å². The third-order valence-corrected chi connectivity index (χ3v) is 4.63. The number of halogens is 1. The molecule has 0 aliphatic carbocycles. The molecule has 0 saturated carbocycles. The van der Waals surface area contributed by atoms with Gasteiger partial charge in [0, 0.05) is 27.8 Å². The lowest BCUT2D eigenvalue weighted by Crippen LogP contribution is -2.32. The Labute approximate surface area is 121 Å². The molecular formula is C14H17FN2S2. The van der Waals surface area contributed by atoms with Crippen LogP contribution in [0.5, 0.6) is 0 Å². The smallest absolute Gasteiger partial charge is 0.124 e. The van der Waals surface area contributed by atoms with E-state index in [1.54, 1.807) is 35.2 Å². The van der Waals surface area contributed by atoms with Crippen LogP contribution < -0.4 is 5.32 Å². The van der Waals surface area contributed by atoms with Gasteiger partial charge < -0.3 is 5.32 Å². The molecule has 0 fully saturated rings. The van der Waals surface area contributed by atoms with Gasteiger partial charge in [0.2, 0.25) is 0 Å². The first-order valence-corrected chi connectivity index (χ1v) is 8.13. The predicted molar refractivity (Wildman–Crippen MR) is 80.4 cm³/mol. The highest BCUT2D eigenvalue weighted by Gasteiger charge is 2.10. The summed E-state index contributed by atoms with van der Waals surface area (Å²) in [5.74, 6) is 0.752. The first-order chi connectivity index (χ1) is 9.28. The molecular weight excluding hydrogens is 279 g/mol. The fraction of sp³-hybridized carbons (Fsp3) is 0.357. The number of nitrogens with one attached hydrogen (secondary N) is 1. The molecule has 0 aliphatic heterocycles. The molecule has 102 valence electrons. The summed E-state index contributed by atoms with van der Waals surface area (Å²) in [5, 5.41) is 3.47. The molecule has 0 spiro atoms. The first kappa shape index (κ1) is 14.5. The molecule has 0 aliphatic rings. The van der Waals surface area contributed by atoms with E-state index in [1.807, 2.05) is 17.8 Å². The highest BCUT2D eigenvalue weighted by atomic mass is 32.2. The second kappa shape index (κ2) is 7.62. The summed E-state index contributed by atoms with van der Waals surface area (Å²) in [6, 6.07) is 7.15. The zero-order valence-electron chi connectivity index (χ0n) is 10.8. The molecule has 1 N–H and O–H groups in total. The molecule has 0 radical (unpaired) electrons. The van der Waals surface area contributed by atoms with Gasteiger partial charge in [-0.2, -0.15) is 0 Å². The molecule has 0 saturated heterocycles. The van der Waals surface area contributed by atoms with Crippen molar-refractivity contribution in [2.24, 2.45) is 0 Å². The van der Waals surface area contributed by atoms with E-state index in [-0.39, 0.29) is 5.82 Å². The van der Waals surface area contributed by atoms with Gasteiger partial charge in [-0.15, -0.1) is 23.1 Å². The van der Waals surface area contributed by atoms with Crippen LogP contribution in [-0.2, 0) is 6.42 Å². The van der Waals surface area contributed by atoms with E-state index < -0.39 is 0 Å². The van der Waals surface area contributed by atoms with Gasteiger partial charge in [0.25, 0.3) is 0 Å². The van der Waals surface area contributed by atoms with Crippen molar-refractivity contribution in [3.63, 3.8) is 0 Å². The molecule has 1 unspecified atom stereocenters. The van der Waals surface area contributed by atoms with Gasteiger partial charge >= 0.3 is 0 Å². The summed E-state index contributed by atoms with van der Waals surface area (Å²) in [7, 11) is 0. The average molecular weight is 296 g/mol. The van der Waals surface area contributed by atoms with Crippen LogP contribution in [0.2, 0.25) is 0 Å². The van der Waals surface area contributed by atoms with Gasteiger partial charge in [-0.25, -0.2) is 4.39 Å². The second-order valence-corrected chi connectivity index (χ2v) is 6.26. The van der Waals surface area contributed by atoms with E-state index in [2.05, 4.69) is 17.2 Å². The van der Waals surface area contributed by atoms with Crippen LogP contribution >= 0.6 is 23.1 Å². The van der Waals surface area contributed by atoms with Crippen molar-refractivity contribution in [1.29, 1.82) is 0 Å². The minimum absolute atomic E-state index is 0.174. The maximum absolute atomic E-state index is 13.1. The number of nitrogens with zero attached hydrogens (tertiary/aromatic N) is 1. The fourth-order valence-corrected chi connectivity index (χ4v) is 3.49. The number of aromatic nitrogens is 1. The van der Waals surface area contributed by atoms with Gasteiger partial charge in [-0.05, 0) is 31.2 Å².